The van der Waals surface area contributed by atoms with Crippen LogP contribution in [0, 0.1) is 13.8 Å². The monoisotopic (exact) mass is 223 g/mol. The Morgan fingerprint density at radius 1 is 1.40 bits per heavy atom. The summed E-state index contributed by atoms with van der Waals surface area (Å²) in [5.74, 6) is 0. The molecular weight excluding hydrogens is 210 g/mol. The second-order valence-corrected chi connectivity index (χ2v) is 4.39. The average molecular weight is 223 g/mol. The molecule has 0 radical (unpaired) electrons. The fourth-order valence-electron chi connectivity index (χ4n) is 1.38. The van der Waals surface area contributed by atoms with E-state index in [1.54, 1.807) is 11.3 Å². The highest BCUT2D eigenvalue weighted by atomic mass is 32.1. The van der Waals surface area contributed by atoms with E-state index in [1.165, 1.54) is 0 Å². The van der Waals surface area contributed by atoms with Gasteiger partial charge in [0.15, 0.2) is 0 Å². The molecule has 2 rings (SSSR count). The molecule has 0 amide bonds. The maximum atomic E-state index is 4.36. The van der Waals surface area contributed by atoms with Crippen molar-refractivity contribution in [2.75, 3.05) is 7.05 Å². The summed E-state index contributed by atoms with van der Waals surface area (Å²) in [6.45, 7) is 4.73. The van der Waals surface area contributed by atoms with Crippen molar-refractivity contribution in [3.05, 3.63) is 22.5 Å². The topological polar surface area (TPSA) is 55.6 Å². The summed E-state index contributed by atoms with van der Waals surface area (Å²) in [5, 5.41) is 17.4. The van der Waals surface area contributed by atoms with Crippen molar-refractivity contribution < 1.29 is 0 Å². The van der Waals surface area contributed by atoms with Crippen LogP contribution < -0.4 is 5.32 Å². The Bertz CT molecular complexity index is 459. The fourth-order valence-corrected chi connectivity index (χ4v) is 2.24. The summed E-state index contributed by atoms with van der Waals surface area (Å²) >= 11 is 1.55. The maximum Gasteiger partial charge on any atom is 0.233 e. The number of aromatic nitrogens is 4. The van der Waals surface area contributed by atoms with Crippen LogP contribution in [0.1, 0.15) is 16.4 Å². The van der Waals surface area contributed by atoms with Crippen LogP contribution in [0.3, 0.4) is 0 Å². The lowest BCUT2D eigenvalue weighted by Crippen LogP contribution is -2.04. The van der Waals surface area contributed by atoms with Crippen LogP contribution >= 0.6 is 11.3 Å². The highest BCUT2D eigenvalue weighted by Crippen LogP contribution is 2.16. The standard InChI is InChI=1S/C9H13N5S/c1-6-4-7(2)14(13-6)9-12-11-8(15-9)5-10-3/h4,10H,5H2,1-3H3. The predicted octanol–water partition coefficient (Wildman–Crippen LogP) is 1.06. The van der Waals surface area contributed by atoms with Gasteiger partial charge in [-0.25, -0.2) is 4.68 Å². The van der Waals surface area contributed by atoms with Gasteiger partial charge in [0.05, 0.1) is 5.69 Å². The Balaban J connectivity index is 2.32. The molecule has 0 aliphatic carbocycles. The van der Waals surface area contributed by atoms with E-state index in [0.717, 1.165) is 28.1 Å². The second-order valence-electron chi connectivity index (χ2n) is 3.35. The molecule has 0 aliphatic heterocycles. The van der Waals surface area contributed by atoms with Crippen molar-refractivity contribution in [3.8, 4) is 5.13 Å². The summed E-state index contributed by atoms with van der Waals surface area (Å²) in [7, 11) is 1.89. The molecule has 0 saturated carbocycles. The first kappa shape index (κ1) is 10.3. The molecule has 2 aromatic heterocycles. The smallest absolute Gasteiger partial charge is 0.233 e. The Morgan fingerprint density at radius 2 is 2.20 bits per heavy atom. The number of aryl methyl sites for hydroxylation is 2. The number of nitrogens with zero attached hydrogens (tertiary/aromatic N) is 4. The van der Waals surface area contributed by atoms with Crippen molar-refractivity contribution >= 4 is 11.3 Å². The fraction of sp³-hybridized carbons (Fsp3) is 0.444. The first-order valence-electron chi connectivity index (χ1n) is 4.71. The Kier molecular flexibility index (Phi) is 2.79. The number of rotatable bonds is 3. The van der Waals surface area contributed by atoms with Gasteiger partial charge in [-0.2, -0.15) is 5.10 Å². The van der Waals surface area contributed by atoms with Gasteiger partial charge in [-0.1, -0.05) is 11.3 Å². The Hall–Kier alpha value is -1.27. The van der Waals surface area contributed by atoms with Gasteiger partial charge < -0.3 is 5.32 Å². The van der Waals surface area contributed by atoms with E-state index in [9.17, 15) is 0 Å². The van der Waals surface area contributed by atoms with Gasteiger partial charge in [0.2, 0.25) is 5.13 Å². The molecule has 5 nitrogen and oxygen atoms in total. The molecule has 0 fully saturated rings. The lowest BCUT2D eigenvalue weighted by molar-refractivity contribution is 0.777. The Labute approximate surface area is 92.2 Å². The van der Waals surface area contributed by atoms with Gasteiger partial charge >= 0.3 is 0 Å². The third kappa shape index (κ3) is 2.05. The van der Waals surface area contributed by atoms with Gasteiger partial charge in [-0.05, 0) is 27.0 Å². The van der Waals surface area contributed by atoms with Crippen LogP contribution in [-0.4, -0.2) is 27.0 Å². The first-order valence-corrected chi connectivity index (χ1v) is 5.53. The van der Waals surface area contributed by atoms with Gasteiger partial charge in [0.25, 0.3) is 0 Å². The molecule has 1 N–H and O–H groups in total. The zero-order valence-corrected chi connectivity index (χ0v) is 9.80. The van der Waals surface area contributed by atoms with E-state index in [1.807, 2.05) is 31.6 Å². The molecule has 0 spiro atoms. The highest BCUT2D eigenvalue weighted by molar-refractivity contribution is 7.13. The summed E-state index contributed by atoms with van der Waals surface area (Å²) in [6, 6.07) is 2.03. The molecule has 0 saturated heterocycles. The van der Waals surface area contributed by atoms with Gasteiger partial charge in [0, 0.05) is 12.2 Å². The minimum Gasteiger partial charge on any atom is -0.313 e. The second kappa shape index (κ2) is 4.08. The number of hydrogen-bond acceptors (Lipinski definition) is 5. The van der Waals surface area contributed by atoms with Crippen molar-refractivity contribution in [1.29, 1.82) is 0 Å². The van der Waals surface area contributed by atoms with Crippen LogP contribution in [0.15, 0.2) is 6.07 Å². The summed E-state index contributed by atoms with van der Waals surface area (Å²) < 4.78 is 1.83. The molecule has 15 heavy (non-hydrogen) atoms. The van der Waals surface area contributed by atoms with E-state index < -0.39 is 0 Å². The normalized spacial score (nSPS) is 10.9. The van der Waals surface area contributed by atoms with Crippen LogP contribution in [0.4, 0.5) is 0 Å². The van der Waals surface area contributed by atoms with Crippen molar-refractivity contribution in [3.63, 3.8) is 0 Å². The summed E-state index contributed by atoms with van der Waals surface area (Å²) in [5.41, 5.74) is 2.08. The third-order valence-electron chi connectivity index (χ3n) is 1.97. The molecule has 80 valence electrons. The van der Waals surface area contributed by atoms with E-state index in [-0.39, 0.29) is 0 Å². The van der Waals surface area contributed by atoms with Crippen molar-refractivity contribution in [1.82, 2.24) is 25.3 Å². The molecule has 0 aromatic carbocycles. The molecule has 2 heterocycles. The molecule has 0 unspecified atom stereocenters. The predicted molar refractivity (Wildman–Crippen MR) is 59.3 cm³/mol. The lowest BCUT2D eigenvalue weighted by atomic mass is 10.4. The molecule has 2 aromatic rings. The van der Waals surface area contributed by atoms with Crippen molar-refractivity contribution in [2.45, 2.75) is 20.4 Å². The average Bonchev–Trinajstić information content (AvgIpc) is 2.73. The van der Waals surface area contributed by atoms with Gasteiger partial charge in [-0.15, -0.1) is 10.2 Å². The maximum absolute atomic E-state index is 4.36. The molecule has 6 heteroatoms. The van der Waals surface area contributed by atoms with Gasteiger partial charge in [0.1, 0.15) is 5.01 Å². The zero-order chi connectivity index (χ0) is 10.8. The highest BCUT2D eigenvalue weighted by Gasteiger charge is 2.09. The zero-order valence-electron chi connectivity index (χ0n) is 8.98. The quantitative estimate of drug-likeness (QED) is 0.845. The van der Waals surface area contributed by atoms with Crippen LogP contribution in [-0.2, 0) is 6.54 Å². The number of nitrogens with one attached hydrogen (secondary N) is 1. The first-order chi connectivity index (χ1) is 7.20. The molecule has 0 atom stereocenters. The van der Waals surface area contributed by atoms with Gasteiger partial charge in [-0.3, -0.25) is 0 Å². The van der Waals surface area contributed by atoms with Crippen LogP contribution in [0.2, 0.25) is 0 Å². The third-order valence-corrected chi connectivity index (χ3v) is 2.87. The SMILES string of the molecule is CNCc1nnc(-n2nc(C)cc2C)s1. The van der Waals surface area contributed by atoms with Crippen molar-refractivity contribution in [2.24, 2.45) is 0 Å². The molecular formula is C9H13N5S. The minimum absolute atomic E-state index is 0.747. The molecule has 0 bridgehead atoms. The van der Waals surface area contributed by atoms with Crippen LogP contribution in [0.25, 0.3) is 5.13 Å². The van der Waals surface area contributed by atoms with E-state index in [4.69, 9.17) is 0 Å². The van der Waals surface area contributed by atoms with E-state index >= 15 is 0 Å². The summed E-state index contributed by atoms with van der Waals surface area (Å²) in [6.07, 6.45) is 0. The Morgan fingerprint density at radius 3 is 2.80 bits per heavy atom. The van der Waals surface area contributed by atoms with E-state index in [0.29, 0.717) is 0 Å². The van der Waals surface area contributed by atoms with Crippen LogP contribution in [0.5, 0.6) is 0 Å². The largest absolute Gasteiger partial charge is 0.313 e. The molecule has 0 aliphatic rings. The number of hydrogen-bond donors (Lipinski definition) is 1. The minimum atomic E-state index is 0.747. The lowest BCUT2D eigenvalue weighted by Gasteiger charge is -1.95. The summed E-state index contributed by atoms with van der Waals surface area (Å²) in [4.78, 5) is 0. The van der Waals surface area contributed by atoms with E-state index in [2.05, 4.69) is 20.6 Å².